The van der Waals surface area contributed by atoms with Crippen LogP contribution in [0.2, 0.25) is 0 Å². The summed E-state index contributed by atoms with van der Waals surface area (Å²) in [5.41, 5.74) is 8.41. The maximum Gasteiger partial charge on any atom is 0.341 e. The first-order chi connectivity index (χ1) is 38.3. The standard InChI is InChI=1S/C72H104O12/c1-65(2,3)41-69(13,14)53-31-45-27-49-35-55(71(17,18)43-67(7,8)9)37-51(63(49)83-39-59(77)78)29-47-33-54(70(15,16)42-66(4,5)6)34-48(62(47)82-26-22-24-58(75)76)30-52-38-56(72(19,20)44-68(10,11)12)36-50(64(52)84-40-60(79)80)28-46(32-53)61(45)81-25-21-23-57(73)74/h31-38H,21-30,39-44H2,1-20H3,(H,73,74)(H,75,76)(H,77,78)(H,79,80). The van der Waals surface area contributed by atoms with E-state index < -0.39 is 58.8 Å². The van der Waals surface area contributed by atoms with Gasteiger partial charge in [0.05, 0.1) is 13.2 Å². The van der Waals surface area contributed by atoms with Crippen molar-refractivity contribution in [1.82, 2.24) is 0 Å². The molecular formula is C72H104O12. The van der Waals surface area contributed by atoms with Crippen molar-refractivity contribution >= 4 is 23.9 Å². The molecule has 4 N–H and O–H groups in total. The van der Waals surface area contributed by atoms with E-state index >= 15 is 0 Å². The molecule has 0 radical (unpaired) electrons. The van der Waals surface area contributed by atoms with Gasteiger partial charge in [0.15, 0.2) is 13.2 Å². The van der Waals surface area contributed by atoms with Crippen LogP contribution in [-0.4, -0.2) is 70.7 Å². The van der Waals surface area contributed by atoms with Crippen molar-refractivity contribution < 1.29 is 58.6 Å². The molecule has 0 heterocycles. The van der Waals surface area contributed by atoms with Gasteiger partial charge in [-0.05, 0) is 149 Å². The summed E-state index contributed by atoms with van der Waals surface area (Å²) in [5.74, 6) is -2.17. The molecule has 0 aromatic heterocycles. The first kappa shape index (κ1) is 68.7. The van der Waals surface area contributed by atoms with E-state index in [0.29, 0.717) is 23.0 Å². The molecule has 5 rings (SSSR count). The monoisotopic (exact) mass is 1160 g/mol. The summed E-state index contributed by atoms with van der Waals surface area (Å²) in [7, 11) is 0. The summed E-state index contributed by atoms with van der Waals surface area (Å²) >= 11 is 0. The lowest BCUT2D eigenvalue weighted by atomic mass is 9.70. The van der Waals surface area contributed by atoms with Gasteiger partial charge < -0.3 is 39.4 Å². The van der Waals surface area contributed by atoms with Crippen LogP contribution in [0.5, 0.6) is 23.0 Å². The largest absolute Gasteiger partial charge is 0.493 e. The molecule has 4 aromatic rings. The van der Waals surface area contributed by atoms with E-state index in [4.69, 9.17) is 18.9 Å². The summed E-state index contributed by atoms with van der Waals surface area (Å²) in [6, 6.07) is 17.5. The van der Waals surface area contributed by atoms with Crippen molar-refractivity contribution in [2.75, 3.05) is 26.4 Å². The van der Waals surface area contributed by atoms with Gasteiger partial charge in [-0.3, -0.25) is 9.59 Å². The number of carboxylic acids is 4. The fourth-order valence-corrected chi connectivity index (χ4v) is 14.0. The van der Waals surface area contributed by atoms with Crippen LogP contribution < -0.4 is 18.9 Å². The molecule has 84 heavy (non-hydrogen) atoms. The number of hydrogen-bond acceptors (Lipinski definition) is 8. The van der Waals surface area contributed by atoms with E-state index in [1.165, 1.54) is 0 Å². The molecule has 12 heteroatoms. The van der Waals surface area contributed by atoms with Crippen LogP contribution >= 0.6 is 0 Å². The van der Waals surface area contributed by atoms with Crippen LogP contribution in [0.4, 0.5) is 0 Å². The Hall–Kier alpha value is -6.04. The van der Waals surface area contributed by atoms with Gasteiger partial charge >= 0.3 is 23.9 Å². The Bertz CT molecular complexity index is 2710. The van der Waals surface area contributed by atoms with Crippen LogP contribution in [0.15, 0.2) is 48.5 Å². The van der Waals surface area contributed by atoms with Gasteiger partial charge in [-0.1, -0.05) is 187 Å². The second-order valence-corrected chi connectivity index (χ2v) is 31.7. The minimum absolute atomic E-state index is 0.0838. The number of ether oxygens (including phenoxy) is 4. The fourth-order valence-electron chi connectivity index (χ4n) is 14.0. The average molecular weight is 1160 g/mol. The summed E-state index contributed by atoms with van der Waals surface area (Å²) in [5, 5.41) is 40.6. The van der Waals surface area contributed by atoms with E-state index in [-0.39, 0.29) is 86.2 Å². The molecule has 0 spiro atoms. The molecule has 0 saturated carbocycles. The highest BCUT2D eigenvalue weighted by atomic mass is 16.5. The lowest BCUT2D eigenvalue weighted by molar-refractivity contribution is -0.140. The number of aliphatic carboxylic acids is 4. The normalized spacial score (nSPS) is 13.8. The van der Waals surface area contributed by atoms with Crippen LogP contribution in [0.1, 0.15) is 257 Å². The minimum atomic E-state index is -1.13. The second-order valence-electron chi connectivity index (χ2n) is 31.7. The zero-order valence-corrected chi connectivity index (χ0v) is 55.0. The van der Waals surface area contributed by atoms with E-state index in [2.05, 4.69) is 187 Å². The van der Waals surface area contributed by atoms with Crippen molar-refractivity contribution in [2.24, 2.45) is 21.7 Å². The van der Waals surface area contributed by atoms with E-state index in [0.717, 1.165) is 92.4 Å². The number of carboxylic acid groups (broad SMARTS) is 4. The van der Waals surface area contributed by atoms with Gasteiger partial charge in [0, 0.05) is 38.5 Å². The smallest absolute Gasteiger partial charge is 0.341 e. The van der Waals surface area contributed by atoms with Crippen LogP contribution in [0.25, 0.3) is 0 Å². The molecule has 1 aliphatic carbocycles. The molecule has 0 atom stereocenters. The molecule has 464 valence electrons. The summed E-state index contributed by atoms with van der Waals surface area (Å²) in [6.45, 7) is 43.7. The number of hydrogen-bond donors (Lipinski definition) is 4. The predicted octanol–water partition coefficient (Wildman–Crippen LogP) is 16.6. The SMILES string of the molecule is CC(C)(C)CC(C)(C)c1cc2c(OCCCC(=O)O)c(c1)Cc1cc(C(C)(C)CC(C)(C)C)cc(c1OCC(=O)O)Cc1cc(C(C)(C)CC(C)(C)C)cc(c1OCCCC(=O)O)Cc1cc(C(C)(C)CC(C)(C)C)cc(c1OCC(=O)O)C2. The van der Waals surface area contributed by atoms with Crippen molar-refractivity contribution in [3.63, 3.8) is 0 Å². The van der Waals surface area contributed by atoms with Crippen LogP contribution in [0, 0.1) is 21.7 Å². The Labute approximate surface area is 503 Å². The Kier molecular flexibility index (Phi) is 21.5. The van der Waals surface area contributed by atoms with Gasteiger partial charge in [0.25, 0.3) is 0 Å². The highest BCUT2D eigenvalue weighted by Crippen LogP contribution is 2.48. The third kappa shape index (κ3) is 20.0. The maximum atomic E-state index is 12.8. The lowest BCUT2D eigenvalue weighted by Crippen LogP contribution is -2.26. The first-order valence-electron chi connectivity index (χ1n) is 30.4. The van der Waals surface area contributed by atoms with Crippen molar-refractivity contribution in [2.45, 2.75) is 237 Å². The van der Waals surface area contributed by atoms with Gasteiger partial charge in [0.1, 0.15) is 23.0 Å². The van der Waals surface area contributed by atoms with Gasteiger partial charge in [0.2, 0.25) is 0 Å². The third-order valence-corrected chi connectivity index (χ3v) is 15.8. The number of benzene rings is 4. The summed E-state index contributed by atoms with van der Waals surface area (Å²) in [6.07, 6.45) is 4.43. The molecule has 0 aliphatic heterocycles. The second kappa shape index (κ2) is 26.3. The highest BCUT2D eigenvalue weighted by molar-refractivity contribution is 5.70. The molecule has 0 unspecified atom stereocenters. The Morgan fingerprint density at radius 2 is 0.512 bits per heavy atom. The van der Waals surface area contributed by atoms with E-state index in [9.17, 15) is 39.6 Å². The van der Waals surface area contributed by atoms with Gasteiger partial charge in [-0.25, -0.2) is 9.59 Å². The van der Waals surface area contributed by atoms with Crippen molar-refractivity contribution in [3.05, 3.63) is 115 Å². The van der Waals surface area contributed by atoms with E-state index in [1.807, 2.05) is 0 Å². The third-order valence-electron chi connectivity index (χ3n) is 15.8. The number of rotatable bonds is 24. The molecule has 8 bridgehead atoms. The predicted molar refractivity (Wildman–Crippen MR) is 336 cm³/mol. The highest BCUT2D eigenvalue weighted by Gasteiger charge is 2.36. The molecule has 0 saturated heterocycles. The molecule has 1 aliphatic rings. The Balaban J connectivity index is 2.15. The molecular weight excluding hydrogens is 1060 g/mol. The fraction of sp³-hybridized carbons (Fsp3) is 0.611. The summed E-state index contributed by atoms with van der Waals surface area (Å²) < 4.78 is 27.3. The number of carbonyl (C=O) groups is 4. The van der Waals surface area contributed by atoms with Crippen LogP contribution in [0.3, 0.4) is 0 Å². The van der Waals surface area contributed by atoms with Gasteiger partial charge in [-0.2, -0.15) is 0 Å². The minimum Gasteiger partial charge on any atom is -0.493 e. The quantitative estimate of drug-likeness (QED) is 0.0429. The molecule has 0 fully saturated rings. The average Bonchev–Trinajstić information content (AvgIpc) is 1.29. The maximum absolute atomic E-state index is 12.8. The zero-order valence-electron chi connectivity index (χ0n) is 55.0. The van der Waals surface area contributed by atoms with Gasteiger partial charge in [-0.15, -0.1) is 0 Å². The van der Waals surface area contributed by atoms with Crippen LogP contribution in [-0.2, 0) is 66.5 Å². The lowest BCUT2D eigenvalue weighted by Gasteiger charge is -2.36. The first-order valence-corrected chi connectivity index (χ1v) is 30.4. The van der Waals surface area contributed by atoms with Crippen molar-refractivity contribution in [3.8, 4) is 23.0 Å². The van der Waals surface area contributed by atoms with E-state index in [1.54, 1.807) is 0 Å². The Morgan fingerprint density at radius 3 is 0.679 bits per heavy atom. The number of fused-ring (bicyclic) bond motifs is 8. The molecule has 4 aromatic carbocycles. The topological polar surface area (TPSA) is 186 Å². The van der Waals surface area contributed by atoms with Crippen molar-refractivity contribution in [1.29, 1.82) is 0 Å². The zero-order chi connectivity index (χ0) is 63.3. The molecule has 0 amide bonds. The molecule has 12 nitrogen and oxygen atoms in total. The summed E-state index contributed by atoms with van der Waals surface area (Å²) in [4.78, 5) is 49.7. The Morgan fingerprint density at radius 1 is 0.321 bits per heavy atom.